The van der Waals surface area contributed by atoms with Gasteiger partial charge in [0.15, 0.2) is 11.9 Å². The van der Waals surface area contributed by atoms with E-state index in [0.717, 1.165) is 28.1 Å². The van der Waals surface area contributed by atoms with E-state index in [1.54, 1.807) is 0 Å². The molecule has 0 amide bonds. The van der Waals surface area contributed by atoms with Crippen molar-refractivity contribution < 1.29 is 4.84 Å². The lowest BCUT2D eigenvalue weighted by atomic mass is 9.81. The molecule has 4 nitrogen and oxygen atoms in total. The summed E-state index contributed by atoms with van der Waals surface area (Å²) in [5.74, 6) is 0.809. The van der Waals surface area contributed by atoms with Crippen molar-refractivity contribution in [3.8, 4) is 39.1 Å². The molecule has 1 unspecified atom stereocenters. The molecule has 214 valence electrons. The van der Waals surface area contributed by atoms with Crippen LogP contribution in [0.1, 0.15) is 36.1 Å². The van der Waals surface area contributed by atoms with E-state index in [0.29, 0.717) is 0 Å². The molecular formula is C40H33N3O. The number of para-hydroxylation sites is 1. The fourth-order valence-electron chi connectivity index (χ4n) is 6.83. The maximum atomic E-state index is 6.37. The highest BCUT2D eigenvalue weighted by molar-refractivity contribution is 5.86. The van der Waals surface area contributed by atoms with E-state index >= 15 is 0 Å². The summed E-state index contributed by atoms with van der Waals surface area (Å²) in [5, 5.41) is 1.92. The Morgan fingerprint density at radius 3 is 1.98 bits per heavy atom. The Morgan fingerprint density at radius 2 is 1.30 bits per heavy atom. The smallest absolute Gasteiger partial charge is 0.164 e. The molecule has 0 radical (unpaired) electrons. The number of fused-ring (bicyclic) bond motifs is 5. The lowest BCUT2D eigenvalue weighted by Crippen LogP contribution is -2.42. The SMILES string of the molecule is C=C1c2ccccc2ON2C=C(c3ccc(-c4ccc5c(c4)C(C)(C)c4cc(-c6ccncc6)ccc4-5)cc3)C=CC2N1C. The molecule has 44 heavy (non-hydrogen) atoms. The van der Waals surface area contributed by atoms with Gasteiger partial charge in [0.1, 0.15) is 0 Å². The Balaban J connectivity index is 1.08. The molecule has 5 aromatic rings. The van der Waals surface area contributed by atoms with Crippen LogP contribution in [-0.4, -0.2) is 28.2 Å². The maximum Gasteiger partial charge on any atom is 0.164 e. The molecule has 3 heterocycles. The summed E-state index contributed by atoms with van der Waals surface area (Å²) in [6, 6.07) is 34.9. The average Bonchev–Trinajstić information content (AvgIpc) is 3.23. The van der Waals surface area contributed by atoms with Gasteiger partial charge in [0, 0.05) is 47.9 Å². The van der Waals surface area contributed by atoms with Crippen LogP contribution >= 0.6 is 0 Å². The van der Waals surface area contributed by atoms with Crippen LogP contribution in [0.3, 0.4) is 0 Å². The zero-order chi connectivity index (χ0) is 30.0. The number of likely N-dealkylation sites (N-methyl/N-ethyl adjacent to an activating group) is 1. The third-order valence-electron chi connectivity index (χ3n) is 9.44. The van der Waals surface area contributed by atoms with Crippen LogP contribution in [-0.2, 0) is 5.41 Å². The Kier molecular flexibility index (Phi) is 5.89. The van der Waals surface area contributed by atoms with Gasteiger partial charge in [-0.15, -0.1) is 0 Å². The molecule has 0 fully saturated rings. The van der Waals surface area contributed by atoms with Gasteiger partial charge in [0.05, 0.1) is 0 Å². The Hall–Kier alpha value is -5.35. The van der Waals surface area contributed by atoms with E-state index in [4.69, 9.17) is 4.84 Å². The second kappa shape index (κ2) is 9.85. The van der Waals surface area contributed by atoms with Gasteiger partial charge in [-0.05, 0) is 92.5 Å². The number of pyridine rings is 1. The first-order valence-electron chi connectivity index (χ1n) is 15.1. The van der Waals surface area contributed by atoms with E-state index in [9.17, 15) is 0 Å². The Morgan fingerprint density at radius 1 is 0.705 bits per heavy atom. The first-order chi connectivity index (χ1) is 21.4. The predicted molar refractivity (Wildman–Crippen MR) is 179 cm³/mol. The van der Waals surface area contributed by atoms with Gasteiger partial charge in [-0.2, -0.15) is 5.06 Å². The van der Waals surface area contributed by atoms with Crippen molar-refractivity contribution in [2.24, 2.45) is 0 Å². The van der Waals surface area contributed by atoms with Crippen LogP contribution in [0, 0.1) is 0 Å². The Labute approximate surface area is 258 Å². The molecule has 0 saturated heterocycles. The average molecular weight is 572 g/mol. The van der Waals surface area contributed by atoms with Gasteiger partial charge >= 0.3 is 0 Å². The van der Waals surface area contributed by atoms with Crippen LogP contribution in [0.5, 0.6) is 5.75 Å². The van der Waals surface area contributed by atoms with Gasteiger partial charge in [-0.1, -0.05) is 87.2 Å². The van der Waals surface area contributed by atoms with Crippen LogP contribution < -0.4 is 4.84 Å². The molecule has 1 aromatic heterocycles. The largest absolute Gasteiger partial charge is 0.377 e. The van der Waals surface area contributed by atoms with Crippen molar-refractivity contribution >= 4 is 11.3 Å². The van der Waals surface area contributed by atoms with Gasteiger partial charge in [-0.3, -0.25) is 4.98 Å². The monoisotopic (exact) mass is 571 g/mol. The molecule has 4 aromatic carbocycles. The highest BCUT2D eigenvalue weighted by atomic mass is 16.7. The highest BCUT2D eigenvalue weighted by Gasteiger charge is 2.36. The molecule has 1 atom stereocenters. The summed E-state index contributed by atoms with van der Waals surface area (Å²) in [5.41, 5.74) is 14.3. The lowest BCUT2D eigenvalue weighted by Gasteiger charge is -2.35. The van der Waals surface area contributed by atoms with Gasteiger partial charge in [0.25, 0.3) is 0 Å². The summed E-state index contributed by atoms with van der Waals surface area (Å²) in [6.45, 7) is 9.00. The van der Waals surface area contributed by atoms with E-state index in [-0.39, 0.29) is 11.6 Å². The first-order valence-corrected chi connectivity index (χ1v) is 15.1. The van der Waals surface area contributed by atoms with Gasteiger partial charge < -0.3 is 9.74 Å². The van der Waals surface area contributed by atoms with Crippen molar-refractivity contribution in [2.75, 3.05) is 7.05 Å². The second-order valence-corrected chi connectivity index (χ2v) is 12.3. The number of hydrogen-bond acceptors (Lipinski definition) is 4. The second-order valence-electron chi connectivity index (χ2n) is 12.3. The summed E-state index contributed by atoms with van der Waals surface area (Å²) < 4.78 is 0. The quantitative estimate of drug-likeness (QED) is 0.216. The zero-order valence-corrected chi connectivity index (χ0v) is 25.2. The summed E-state index contributed by atoms with van der Waals surface area (Å²) in [7, 11) is 2.06. The molecule has 2 aliphatic heterocycles. The fraction of sp³-hybridized carbons (Fsp3) is 0.125. The maximum absolute atomic E-state index is 6.37. The number of nitrogens with zero attached hydrogens (tertiary/aromatic N) is 3. The number of rotatable bonds is 3. The van der Waals surface area contributed by atoms with Crippen molar-refractivity contribution in [1.29, 1.82) is 0 Å². The third kappa shape index (κ3) is 4.10. The van der Waals surface area contributed by atoms with Crippen LogP contribution in [0.25, 0.3) is 44.7 Å². The van der Waals surface area contributed by atoms with E-state index < -0.39 is 0 Å². The van der Waals surface area contributed by atoms with Crippen molar-refractivity contribution in [3.63, 3.8) is 0 Å². The van der Waals surface area contributed by atoms with Crippen molar-refractivity contribution in [2.45, 2.75) is 25.4 Å². The number of aromatic nitrogens is 1. The number of hydrogen-bond donors (Lipinski definition) is 0. The van der Waals surface area contributed by atoms with Crippen LogP contribution in [0.4, 0.5) is 0 Å². The summed E-state index contributed by atoms with van der Waals surface area (Å²) in [6.07, 6.45) is 10.1. The predicted octanol–water partition coefficient (Wildman–Crippen LogP) is 9.17. The molecule has 3 aliphatic rings. The Bertz CT molecular complexity index is 2000. The molecular weight excluding hydrogens is 538 g/mol. The van der Waals surface area contributed by atoms with Crippen LogP contribution in [0.2, 0.25) is 0 Å². The van der Waals surface area contributed by atoms with E-state index in [1.807, 2.05) is 35.7 Å². The van der Waals surface area contributed by atoms with E-state index in [2.05, 4.69) is 135 Å². The van der Waals surface area contributed by atoms with Gasteiger partial charge in [0.2, 0.25) is 0 Å². The minimum Gasteiger partial charge on any atom is -0.377 e. The lowest BCUT2D eigenvalue weighted by molar-refractivity contribution is -0.0612. The van der Waals surface area contributed by atoms with E-state index in [1.165, 1.54) is 44.5 Å². The highest BCUT2D eigenvalue weighted by Crippen LogP contribution is 2.50. The minimum atomic E-state index is -0.0951. The van der Waals surface area contributed by atoms with Crippen LogP contribution in [0.15, 0.2) is 134 Å². The number of allylic oxidation sites excluding steroid dienone is 2. The number of benzene rings is 4. The minimum absolute atomic E-state index is 0.0717. The topological polar surface area (TPSA) is 28.6 Å². The first kappa shape index (κ1) is 26.3. The molecule has 4 heteroatoms. The number of hydroxylamine groups is 2. The van der Waals surface area contributed by atoms with Gasteiger partial charge in [-0.25, -0.2) is 0 Å². The standard InChI is InChI=1S/C40H33N3O/c1-26-33-7-5-6-8-38(33)44-43-25-32(15-18-39(43)42(26)4)28-11-9-27(10-12-28)30-13-16-34-35-17-14-31(29-19-21-41-22-20-29)24-37(35)40(2,3)36(34)23-30/h5-25,39H,1H2,2-4H3. The van der Waals surface area contributed by atoms with Crippen molar-refractivity contribution in [1.82, 2.24) is 14.9 Å². The normalized spacial score (nSPS) is 17.6. The van der Waals surface area contributed by atoms with Crippen molar-refractivity contribution in [3.05, 3.63) is 157 Å². The summed E-state index contributed by atoms with van der Waals surface area (Å²) in [4.78, 5) is 12.7. The summed E-state index contributed by atoms with van der Waals surface area (Å²) >= 11 is 0. The zero-order valence-electron chi connectivity index (χ0n) is 25.2. The molecule has 0 saturated carbocycles. The fourth-order valence-corrected chi connectivity index (χ4v) is 6.83. The molecule has 8 rings (SSSR count). The molecule has 0 bridgehead atoms. The molecule has 0 N–H and O–H groups in total. The third-order valence-corrected chi connectivity index (χ3v) is 9.44. The molecule has 1 aliphatic carbocycles. The molecule has 0 spiro atoms.